The molecule has 0 amide bonds. The molecular weight excluding hydrogens is 342 g/mol. The molecule has 1 saturated heterocycles. The third-order valence-corrected chi connectivity index (χ3v) is 4.85. The van der Waals surface area contributed by atoms with E-state index in [2.05, 4.69) is 49.3 Å². The molecule has 27 heavy (non-hydrogen) atoms. The Morgan fingerprint density at radius 3 is 2.78 bits per heavy atom. The predicted octanol–water partition coefficient (Wildman–Crippen LogP) is 2.02. The largest absolute Gasteiger partial charge is 0.507 e. The molecule has 1 unspecified atom stereocenters. The van der Waals surface area contributed by atoms with Gasteiger partial charge >= 0.3 is 0 Å². The number of hydrogen-bond donors (Lipinski definition) is 2. The molecule has 140 valence electrons. The molecule has 0 spiro atoms. The van der Waals surface area contributed by atoms with E-state index in [1.165, 1.54) is 0 Å². The number of rotatable bonds is 5. The Morgan fingerprint density at radius 2 is 2.11 bits per heavy atom. The third-order valence-electron chi connectivity index (χ3n) is 4.85. The molecule has 4 rings (SSSR count). The lowest BCUT2D eigenvalue weighted by Crippen LogP contribution is -2.26. The van der Waals surface area contributed by atoms with Crippen molar-refractivity contribution >= 4 is 5.95 Å². The van der Waals surface area contributed by atoms with Gasteiger partial charge in [0, 0.05) is 37.0 Å². The summed E-state index contributed by atoms with van der Waals surface area (Å²) in [4.78, 5) is 8.86. The molecule has 3 heterocycles. The van der Waals surface area contributed by atoms with Crippen LogP contribution in [0.2, 0.25) is 0 Å². The molecular formula is C19H23N7O. The highest BCUT2D eigenvalue weighted by molar-refractivity contribution is 5.73. The molecule has 1 atom stereocenters. The lowest BCUT2D eigenvalue weighted by molar-refractivity contribution is 0.340. The first-order valence-corrected chi connectivity index (χ1v) is 9.02. The first-order chi connectivity index (χ1) is 13.1. The van der Waals surface area contributed by atoms with Gasteiger partial charge in [-0.15, -0.1) is 10.2 Å². The maximum absolute atomic E-state index is 10.4. The highest BCUT2D eigenvalue weighted by Gasteiger charge is 2.25. The van der Waals surface area contributed by atoms with E-state index in [4.69, 9.17) is 0 Å². The lowest BCUT2D eigenvalue weighted by Gasteiger charge is -2.18. The number of anilines is 1. The van der Waals surface area contributed by atoms with Crippen molar-refractivity contribution in [2.75, 3.05) is 38.6 Å². The van der Waals surface area contributed by atoms with E-state index in [9.17, 15) is 5.11 Å². The van der Waals surface area contributed by atoms with E-state index >= 15 is 0 Å². The first kappa shape index (κ1) is 17.4. The summed E-state index contributed by atoms with van der Waals surface area (Å²) in [5.41, 5.74) is 2.96. The fourth-order valence-electron chi connectivity index (χ4n) is 3.55. The van der Waals surface area contributed by atoms with Crippen molar-refractivity contribution in [3.05, 3.63) is 36.8 Å². The number of H-pyrrole nitrogens is 1. The average Bonchev–Trinajstić information content (AvgIpc) is 3.33. The summed E-state index contributed by atoms with van der Waals surface area (Å²) in [5.74, 6) is 1.42. The number of hydrogen-bond acceptors (Lipinski definition) is 7. The van der Waals surface area contributed by atoms with Crippen LogP contribution in [0.4, 0.5) is 5.95 Å². The molecule has 0 radical (unpaired) electrons. The fraction of sp³-hybridized carbons (Fsp3) is 0.368. The second-order valence-corrected chi connectivity index (χ2v) is 7.23. The van der Waals surface area contributed by atoms with Crippen LogP contribution >= 0.6 is 0 Å². The summed E-state index contributed by atoms with van der Waals surface area (Å²) >= 11 is 0. The Labute approximate surface area is 157 Å². The van der Waals surface area contributed by atoms with Gasteiger partial charge < -0.3 is 14.9 Å². The standard InChI is InChI=1S/C19H23N7O/c1-25(2)11-13-5-6-26(12-13)19-20-10-17(23-24-19)16-4-3-14(7-18(16)27)15-8-21-22-9-15/h3-4,7-10,13,27H,5-6,11-12H2,1-2H3,(H,21,22). The maximum atomic E-state index is 10.4. The summed E-state index contributed by atoms with van der Waals surface area (Å²) in [5, 5.41) is 25.7. The van der Waals surface area contributed by atoms with Gasteiger partial charge in [0.1, 0.15) is 11.4 Å². The van der Waals surface area contributed by atoms with Crippen LogP contribution < -0.4 is 4.90 Å². The number of aromatic hydroxyl groups is 1. The summed E-state index contributed by atoms with van der Waals surface area (Å²) in [6.07, 6.45) is 6.31. The van der Waals surface area contributed by atoms with Crippen LogP contribution in [0.15, 0.2) is 36.8 Å². The van der Waals surface area contributed by atoms with E-state index in [-0.39, 0.29) is 5.75 Å². The van der Waals surface area contributed by atoms with Crippen LogP contribution in [0.25, 0.3) is 22.4 Å². The van der Waals surface area contributed by atoms with Gasteiger partial charge in [-0.2, -0.15) is 5.10 Å². The minimum absolute atomic E-state index is 0.143. The zero-order valence-corrected chi connectivity index (χ0v) is 15.5. The van der Waals surface area contributed by atoms with E-state index in [0.717, 1.165) is 37.2 Å². The van der Waals surface area contributed by atoms with Crippen molar-refractivity contribution in [2.24, 2.45) is 5.92 Å². The van der Waals surface area contributed by atoms with Crippen LogP contribution in [-0.4, -0.2) is 69.1 Å². The molecule has 0 saturated carbocycles. The fourth-order valence-corrected chi connectivity index (χ4v) is 3.55. The molecule has 1 aliphatic heterocycles. The number of benzene rings is 1. The molecule has 8 nitrogen and oxygen atoms in total. The molecule has 2 N–H and O–H groups in total. The topological polar surface area (TPSA) is 94.1 Å². The highest BCUT2D eigenvalue weighted by atomic mass is 16.3. The lowest BCUT2D eigenvalue weighted by atomic mass is 10.0. The second kappa shape index (κ2) is 7.32. The Kier molecular flexibility index (Phi) is 4.72. The summed E-state index contributed by atoms with van der Waals surface area (Å²) in [6.45, 7) is 2.97. The van der Waals surface area contributed by atoms with Gasteiger partial charge in [-0.25, -0.2) is 4.98 Å². The van der Waals surface area contributed by atoms with Gasteiger partial charge in [0.2, 0.25) is 5.95 Å². The van der Waals surface area contributed by atoms with Gasteiger partial charge in [0.05, 0.1) is 12.4 Å². The van der Waals surface area contributed by atoms with Crippen molar-refractivity contribution in [3.63, 3.8) is 0 Å². The van der Waals surface area contributed by atoms with Crippen LogP contribution in [0.5, 0.6) is 5.75 Å². The van der Waals surface area contributed by atoms with E-state index in [1.54, 1.807) is 24.7 Å². The Morgan fingerprint density at radius 1 is 1.22 bits per heavy atom. The Balaban J connectivity index is 1.49. The molecule has 3 aromatic rings. The van der Waals surface area contributed by atoms with Gasteiger partial charge in [-0.05, 0) is 44.1 Å². The number of phenolic OH excluding ortho intramolecular Hbond substituents is 1. The van der Waals surface area contributed by atoms with E-state index < -0.39 is 0 Å². The van der Waals surface area contributed by atoms with Crippen molar-refractivity contribution < 1.29 is 5.11 Å². The van der Waals surface area contributed by atoms with Crippen molar-refractivity contribution in [2.45, 2.75) is 6.42 Å². The molecule has 0 aliphatic carbocycles. The van der Waals surface area contributed by atoms with Gasteiger partial charge in [0.15, 0.2) is 0 Å². The first-order valence-electron chi connectivity index (χ1n) is 9.02. The Hall–Kier alpha value is -3.00. The highest BCUT2D eigenvalue weighted by Crippen LogP contribution is 2.32. The summed E-state index contributed by atoms with van der Waals surface area (Å²) in [7, 11) is 4.19. The zero-order valence-electron chi connectivity index (χ0n) is 15.5. The zero-order chi connectivity index (χ0) is 18.8. The van der Waals surface area contributed by atoms with Crippen molar-refractivity contribution in [3.8, 4) is 28.1 Å². The van der Waals surface area contributed by atoms with Crippen LogP contribution in [0.1, 0.15) is 6.42 Å². The number of aromatic amines is 1. The van der Waals surface area contributed by atoms with E-state index in [1.807, 2.05) is 12.1 Å². The predicted molar refractivity (Wildman–Crippen MR) is 103 cm³/mol. The molecule has 1 aliphatic rings. The number of nitrogens with one attached hydrogen (secondary N) is 1. The number of nitrogens with zero attached hydrogens (tertiary/aromatic N) is 6. The summed E-state index contributed by atoms with van der Waals surface area (Å²) < 4.78 is 0. The normalized spacial score (nSPS) is 17.0. The quantitative estimate of drug-likeness (QED) is 0.714. The van der Waals surface area contributed by atoms with Gasteiger partial charge in [-0.1, -0.05) is 6.07 Å². The third kappa shape index (κ3) is 3.75. The molecule has 0 bridgehead atoms. The van der Waals surface area contributed by atoms with Crippen LogP contribution in [-0.2, 0) is 0 Å². The molecule has 1 fully saturated rings. The smallest absolute Gasteiger partial charge is 0.245 e. The minimum Gasteiger partial charge on any atom is -0.507 e. The van der Waals surface area contributed by atoms with Gasteiger partial charge in [0.25, 0.3) is 0 Å². The Bertz CT molecular complexity index is 893. The van der Waals surface area contributed by atoms with Crippen molar-refractivity contribution in [1.82, 2.24) is 30.3 Å². The SMILES string of the molecule is CN(C)CC1CCN(c2ncc(-c3ccc(-c4cn[nH]c4)cc3O)nn2)C1. The minimum atomic E-state index is 0.143. The number of phenols is 1. The molecule has 1 aromatic carbocycles. The summed E-state index contributed by atoms with van der Waals surface area (Å²) in [6, 6.07) is 5.44. The number of aromatic nitrogens is 5. The maximum Gasteiger partial charge on any atom is 0.245 e. The monoisotopic (exact) mass is 365 g/mol. The van der Waals surface area contributed by atoms with Crippen LogP contribution in [0.3, 0.4) is 0 Å². The van der Waals surface area contributed by atoms with E-state index in [0.29, 0.717) is 23.1 Å². The second-order valence-electron chi connectivity index (χ2n) is 7.23. The molecule has 2 aromatic heterocycles. The average molecular weight is 365 g/mol. The van der Waals surface area contributed by atoms with Crippen LogP contribution in [0, 0.1) is 5.92 Å². The van der Waals surface area contributed by atoms with Crippen molar-refractivity contribution in [1.29, 1.82) is 0 Å². The molecule has 8 heteroatoms. The van der Waals surface area contributed by atoms with Gasteiger partial charge in [-0.3, -0.25) is 5.10 Å².